The summed E-state index contributed by atoms with van der Waals surface area (Å²) in [6.45, 7) is 0.427. The second-order valence-corrected chi connectivity index (χ2v) is 4.85. The zero-order valence-electron chi connectivity index (χ0n) is 12.2. The van der Waals surface area contributed by atoms with Gasteiger partial charge in [-0.2, -0.15) is 0 Å². The van der Waals surface area contributed by atoms with E-state index in [4.69, 9.17) is 9.84 Å². The van der Waals surface area contributed by atoms with E-state index in [2.05, 4.69) is 0 Å². The second kappa shape index (κ2) is 7.26. The first-order valence-electron chi connectivity index (χ1n) is 6.80. The van der Waals surface area contributed by atoms with Gasteiger partial charge in [0.1, 0.15) is 5.75 Å². The normalized spacial score (nSPS) is 10.0. The van der Waals surface area contributed by atoms with Crippen molar-refractivity contribution in [1.29, 1.82) is 0 Å². The molecule has 0 aliphatic rings. The largest absolute Gasteiger partial charge is 0.484 e. The van der Waals surface area contributed by atoms with Crippen molar-refractivity contribution in [2.75, 3.05) is 13.7 Å². The zero-order valence-corrected chi connectivity index (χ0v) is 12.2. The molecule has 5 heteroatoms. The Morgan fingerprint density at radius 2 is 1.68 bits per heavy atom. The van der Waals surface area contributed by atoms with Crippen LogP contribution in [0, 0.1) is 0 Å². The van der Waals surface area contributed by atoms with Gasteiger partial charge in [-0.3, -0.25) is 4.79 Å². The molecule has 0 unspecified atom stereocenters. The molecule has 2 rings (SSSR count). The molecule has 114 valence electrons. The van der Waals surface area contributed by atoms with Crippen LogP contribution in [0.5, 0.6) is 5.75 Å². The van der Waals surface area contributed by atoms with Crippen LogP contribution in [0.1, 0.15) is 15.9 Å². The van der Waals surface area contributed by atoms with Crippen molar-refractivity contribution in [3.63, 3.8) is 0 Å². The Balaban J connectivity index is 1.85. The van der Waals surface area contributed by atoms with Crippen LogP contribution in [0.4, 0.5) is 0 Å². The van der Waals surface area contributed by atoms with Gasteiger partial charge in [-0.05, 0) is 29.8 Å². The summed E-state index contributed by atoms with van der Waals surface area (Å²) in [5, 5.41) is 8.81. The van der Waals surface area contributed by atoms with Crippen molar-refractivity contribution < 1.29 is 19.4 Å². The third-order valence-electron chi connectivity index (χ3n) is 3.15. The number of carboxylic acid groups (broad SMARTS) is 1. The number of carboxylic acids is 1. The molecule has 2 aromatic rings. The summed E-state index contributed by atoms with van der Waals surface area (Å²) < 4.78 is 5.38. The summed E-state index contributed by atoms with van der Waals surface area (Å²) in [6.07, 6.45) is 0. The Kier molecular flexibility index (Phi) is 5.14. The van der Waals surface area contributed by atoms with Crippen molar-refractivity contribution in [3.8, 4) is 5.75 Å². The van der Waals surface area contributed by atoms with E-state index in [1.54, 1.807) is 11.9 Å². The lowest BCUT2D eigenvalue weighted by atomic mass is 10.2. The average Bonchev–Trinajstić information content (AvgIpc) is 2.53. The van der Waals surface area contributed by atoms with E-state index in [1.165, 1.54) is 24.3 Å². The lowest BCUT2D eigenvalue weighted by Gasteiger charge is -2.17. The number of nitrogens with zero attached hydrogens (tertiary/aromatic N) is 1. The summed E-state index contributed by atoms with van der Waals surface area (Å²) in [7, 11) is 1.71. The van der Waals surface area contributed by atoms with Crippen LogP contribution < -0.4 is 4.74 Å². The number of hydrogen-bond donors (Lipinski definition) is 1. The Morgan fingerprint density at radius 1 is 1.05 bits per heavy atom. The van der Waals surface area contributed by atoms with Gasteiger partial charge in [-0.15, -0.1) is 0 Å². The van der Waals surface area contributed by atoms with E-state index in [-0.39, 0.29) is 18.1 Å². The van der Waals surface area contributed by atoms with E-state index in [0.717, 1.165) is 5.56 Å². The van der Waals surface area contributed by atoms with Crippen molar-refractivity contribution in [3.05, 3.63) is 65.7 Å². The average molecular weight is 299 g/mol. The molecule has 0 spiro atoms. The smallest absolute Gasteiger partial charge is 0.335 e. The fourth-order valence-electron chi connectivity index (χ4n) is 1.89. The van der Waals surface area contributed by atoms with Crippen LogP contribution >= 0.6 is 0 Å². The fourth-order valence-corrected chi connectivity index (χ4v) is 1.89. The highest BCUT2D eigenvalue weighted by Gasteiger charge is 2.10. The van der Waals surface area contributed by atoms with Crippen LogP contribution in [0.3, 0.4) is 0 Å². The monoisotopic (exact) mass is 299 g/mol. The number of hydrogen-bond acceptors (Lipinski definition) is 3. The first-order valence-corrected chi connectivity index (χ1v) is 6.80. The lowest BCUT2D eigenvalue weighted by Crippen LogP contribution is -2.30. The predicted octanol–water partition coefficient (Wildman–Crippen LogP) is 2.42. The van der Waals surface area contributed by atoms with Gasteiger partial charge in [0.15, 0.2) is 6.61 Å². The van der Waals surface area contributed by atoms with E-state index in [9.17, 15) is 9.59 Å². The molecular weight excluding hydrogens is 282 g/mol. The summed E-state index contributed by atoms with van der Waals surface area (Å²) >= 11 is 0. The van der Waals surface area contributed by atoms with Crippen molar-refractivity contribution in [1.82, 2.24) is 4.90 Å². The minimum absolute atomic E-state index is 0.0875. The molecule has 2 aromatic carbocycles. The number of amides is 1. The number of carbonyl (C=O) groups is 2. The van der Waals surface area contributed by atoms with E-state index in [1.807, 2.05) is 30.3 Å². The Morgan fingerprint density at radius 3 is 2.27 bits per heavy atom. The molecule has 22 heavy (non-hydrogen) atoms. The van der Waals surface area contributed by atoms with Gasteiger partial charge in [0, 0.05) is 13.6 Å². The molecule has 5 nitrogen and oxygen atoms in total. The maximum atomic E-state index is 12.0. The zero-order chi connectivity index (χ0) is 15.9. The first kappa shape index (κ1) is 15.6. The standard InChI is InChI=1S/C17H17NO4/c1-18(11-13-5-3-2-4-6-13)16(19)12-22-15-9-7-14(8-10-15)17(20)21/h2-10H,11-12H2,1H3,(H,20,21). The van der Waals surface area contributed by atoms with Gasteiger partial charge >= 0.3 is 5.97 Å². The number of ether oxygens (including phenoxy) is 1. The van der Waals surface area contributed by atoms with E-state index in [0.29, 0.717) is 12.3 Å². The molecule has 0 heterocycles. The van der Waals surface area contributed by atoms with Crippen LogP contribution in [0.25, 0.3) is 0 Å². The molecule has 0 saturated carbocycles. The molecule has 1 N–H and O–H groups in total. The summed E-state index contributed by atoms with van der Waals surface area (Å²) in [5.74, 6) is -0.678. The quantitative estimate of drug-likeness (QED) is 0.889. The molecule has 0 bridgehead atoms. The van der Waals surface area contributed by atoms with Crippen LogP contribution in [-0.2, 0) is 11.3 Å². The molecule has 0 fully saturated rings. The second-order valence-electron chi connectivity index (χ2n) is 4.85. The molecule has 0 aliphatic carbocycles. The Hall–Kier alpha value is -2.82. The molecule has 0 atom stereocenters. The highest BCUT2D eigenvalue weighted by Crippen LogP contribution is 2.12. The van der Waals surface area contributed by atoms with Crippen molar-refractivity contribution in [2.24, 2.45) is 0 Å². The summed E-state index contributed by atoms with van der Waals surface area (Å²) in [6, 6.07) is 15.6. The third-order valence-corrected chi connectivity index (χ3v) is 3.15. The van der Waals surface area contributed by atoms with Gasteiger partial charge in [-0.1, -0.05) is 30.3 Å². The molecule has 0 radical (unpaired) electrons. The minimum Gasteiger partial charge on any atom is -0.484 e. The number of carbonyl (C=O) groups excluding carboxylic acids is 1. The first-order chi connectivity index (χ1) is 10.6. The predicted molar refractivity (Wildman–Crippen MR) is 81.8 cm³/mol. The Bertz CT molecular complexity index is 637. The maximum absolute atomic E-state index is 12.0. The van der Waals surface area contributed by atoms with Crippen LogP contribution in [0.15, 0.2) is 54.6 Å². The van der Waals surface area contributed by atoms with Gasteiger partial charge < -0.3 is 14.7 Å². The minimum atomic E-state index is -0.995. The summed E-state index contributed by atoms with van der Waals surface area (Å²) in [4.78, 5) is 24.3. The molecule has 1 amide bonds. The fraction of sp³-hybridized carbons (Fsp3) is 0.176. The maximum Gasteiger partial charge on any atom is 0.335 e. The number of rotatable bonds is 6. The number of aromatic carboxylic acids is 1. The molecule has 0 saturated heterocycles. The van der Waals surface area contributed by atoms with E-state index >= 15 is 0 Å². The molecular formula is C17H17NO4. The lowest BCUT2D eigenvalue weighted by molar-refractivity contribution is -0.132. The Labute approximate surface area is 128 Å². The third kappa shape index (κ3) is 4.34. The van der Waals surface area contributed by atoms with E-state index < -0.39 is 5.97 Å². The number of likely N-dealkylation sites (N-methyl/N-ethyl adjacent to an activating group) is 1. The SMILES string of the molecule is CN(Cc1ccccc1)C(=O)COc1ccc(C(=O)O)cc1. The topological polar surface area (TPSA) is 66.8 Å². The molecule has 0 aromatic heterocycles. The highest BCUT2D eigenvalue weighted by atomic mass is 16.5. The highest BCUT2D eigenvalue weighted by molar-refractivity contribution is 5.87. The molecule has 0 aliphatic heterocycles. The van der Waals surface area contributed by atoms with Crippen LogP contribution in [0.2, 0.25) is 0 Å². The summed E-state index contributed by atoms with van der Waals surface area (Å²) in [5.41, 5.74) is 1.23. The van der Waals surface area contributed by atoms with Gasteiger partial charge in [0.25, 0.3) is 5.91 Å². The van der Waals surface area contributed by atoms with Gasteiger partial charge in [0.2, 0.25) is 0 Å². The van der Waals surface area contributed by atoms with Crippen LogP contribution in [-0.4, -0.2) is 35.5 Å². The van der Waals surface area contributed by atoms with Gasteiger partial charge in [-0.25, -0.2) is 4.79 Å². The number of benzene rings is 2. The van der Waals surface area contributed by atoms with Gasteiger partial charge in [0.05, 0.1) is 5.56 Å². The van der Waals surface area contributed by atoms with Crippen molar-refractivity contribution >= 4 is 11.9 Å². The van der Waals surface area contributed by atoms with Crippen molar-refractivity contribution in [2.45, 2.75) is 6.54 Å².